The Morgan fingerprint density at radius 3 is 2.06 bits per heavy atom. The van der Waals surface area contributed by atoms with Crippen LogP contribution in [0.4, 0.5) is 0 Å². The first kappa shape index (κ1) is 13.8. The van der Waals surface area contributed by atoms with E-state index in [0.717, 1.165) is 15.6 Å². The minimum absolute atomic E-state index is 0.216. The Hall–Kier alpha value is -0.580. The molecule has 92 valence electrons. The van der Waals surface area contributed by atoms with Crippen LogP contribution < -0.4 is 0 Å². The number of aromatic hydroxyl groups is 1. The van der Waals surface area contributed by atoms with E-state index in [9.17, 15) is 5.11 Å². The van der Waals surface area contributed by atoms with Crippen molar-refractivity contribution in [1.29, 1.82) is 0 Å². The third kappa shape index (κ3) is 3.25. The molecule has 0 saturated carbocycles. The summed E-state index contributed by atoms with van der Waals surface area (Å²) in [6.07, 6.45) is 4.02. The zero-order valence-electron chi connectivity index (χ0n) is 9.20. The molecule has 0 atom stereocenters. The summed E-state index contributed by atoms with van der Waals surface area (Å²) in [4.78, 5) is 0. The van der Waals surface area contributed by atoms with Crippen molar-refractivity contribution in [1.82, 2.24) is 0 Å². The van der Waals surface area contributed by atoms with Crippen molar-refractivity contribution >= 4 is 59.9 Å². The molecule has 0 saturated heterocycles. The quantitative estimate of drug-likeness (QED) is 0.590. The zero-order valence-corrected chi connectivity index (χ0v) is 14.0. The van der Waals surface area contributed by atoms with Crippen molar-refractivity contribution in [2.75, 3.05) is 0 Å². The van der Waals surface area contributed by atoms with Gasteiger partial charge in [-0.15, -0.1) is 0 Å². The average Bonchev–Trinajstić information content (AvgIpc) is 2.35. The van der Waals surface area contributed by atoms with Crippen molar-refractivity contribution in [2.24, 2.45) is 0 Å². The molecule has 2 rings (SSSR count). The van der Waals surface area contributed by atoms with Crippen LogP contribution in [0.2, 0.25) is 0 Å². The SMILES string of the molecule is Oc1c(Br)cc(/C=C/c2ccccc2Br)cc1Br. The van der Waals surface area contributed by atoms with Crippen LogP contribution in [0.1, 0.15) is 11.1 Å². The van der Waals surface area contributed by atoms with E-state index in [4.69, 9.17) is 0 Å². The first-order valence-electron chi connectivity index (χ1n) is 5.18. The second kappa shape index (κ2) is 6.04. The highest BCUT2D eigenvalue weighted by Crippen LogP contribution is 2.34. The fourth-order valence-electron chi connectivity index (χ4n) is 1.48. The van der Waals surface area contributed by atoms with Crippen molar-refractivity contribution in [3.8, 4) is 5.75 Å². The Bertz CT molecular complexity index is 583. The zero-order chi connectivity index (χ0) is 13.1. The monoisotopic (exact) mass is 430 g/mol. The standard InChI is InChI=1S/C14H9Br3O/c15-11-4-2-1-3-10(11)6-5-9-7-12(16)14(18)13(17)8-9/h1-8,18H/b6-5+. The summed E-state index contributed by atoms with van der Waals surface area (Å²) >= 11 is 10.1. The number of phenols is 1. The van der Waals surface area contributed by atoms with Crippen molar-refractivity contribution in [3.05, 3.63) is 60.9 Å². The molecule has 0 radical (unpaired) electrons. The van der Waals surface area contributed by atoms with Crippen LogP contribution in [-0.2, 0) is 0 Å². The summed E-state index contributed by atoms with van der Waals surface area (Å²) in [5, 5.41) is 9.63. The molecule has 2 aromatic rings. The average molecular weight is 433 g/mol. The molecule has 0 heterocycles. The van der Waals surface area contributed by atoms with E-state index in [0.29, 0.717) is 8.95 Å². The largest absolute Gasteiger partial charge is 0.506 e. The van der Waals surface area contributed by atoms with Gasteiger partial charge in [0, 0.05) is 4.47 Å². The molecule has 0 aliphatic rings. The van der Waals surface area contributed by atoms with Crippen LogP contribution in [0.25, 0.3) is 12.2 Å². The van der Waals surface area contributed by atoms with Gasteiger partial charge in [0.25, 0.3) is 0 Å². The smallest absolute Gasteiger partial charge is 0.143 e. The molecule has 0 aromatic heterocycles. The van der Waals surface area contributed by atoms with Gasteiger partial charge in [-0.2, -0.15) is 0 Å². The minimum atomic E-state index is 0.216. The van der Waals surface area contributed by atoms with Gasteiger partial charge in [-0.25, -0.2) is 0 Å². The predicted molar refractivity (Wildman–Crippen MR) is 86.6 cm³/mol. The second-order valence-corrected chi connectivity index (χ2v) is 6.25. The molecule has 1 N–H and O–H groups in total. The topological polar surface area (TPSA) is 20.2 Å². The van der Waals surface area contributed by atoms with Gasteiger partial charge in [-0.3, -0.25) is 0 Å². The highest BCUT2D eigenvalue weighted by molar-refractivity contribution is 9.11. The van der Waals surface area contributed by atoms with Gasteiger partial charge >= 0.3 is 0 Å². The van der Waals surface area contributed by atoms with E-state index in [1.807, 2.05) is 48.6 Å². The lowest BCUT2D eigenvalue weighted by Crippen LogP contribution is -1.78. The van der Waals surface area contributed by atoms with E-state index in [1.54, 1.807) is 0 Å². The lowest BCUT2D eigenvalue weighted by atomic mass is 10.1. The lowest BCUT2D eigenvalue weighted by molar-refractivity contribution is 0.468. The second-order valence-electron chi connectivity index (χ2n) is 3.69. The molecule has 0 aliphatic heterocycles. The Balaban J connectivity index is 2.33. The van der Waals surface area contributed by atoms with Gasteiger partial charge in [-0.1, -0.05) is 46.3 Å². The highest BCUT2D eigenvalue weighted by atomic mass is 79.9. The maximum atomic E-state index is 9.63. The molecule has 0 amide bonds. The van der Waals surface area contributed by atoms with E-state index in [1.165, 1.54) is 0 Å². The van der Waals surface area contributed by atoms with Crippen molar-refractivity contribution in [3.63, 3.8) is 0 Å². The molecule has 0 unspecified atom stereocenters. The summed E-state index contributed by atoms with van der Waals surface area (Å²) in [5.41, 5.74) is 2.11. The van der Waals surface area contributed by atoms with Gasteiger partial charge in [0.1, 0.15) is 5.75 Å². The van der Waals surface area contributed by atoms with Gasteiger partial charge in [0.15, 0.2) is 0 Å². The van der Waals surface area contributed by atoms with Gasteiger partial charge in [0.05, 0.1) is 8.95 Å². The number of hydrogen-bond acceptors (Lipinski definition) is 1. The Morgan fingerprint density at radius 1 is 0.833 bits per heavy atom. The first-order chi connectivity index (χ1) is 8.58. The summed E-state index contributed by atoms with van der Waals surface area (Å²) in [5.74, 6) is 0.216. The van der Waals surface area contributed by atoms with Gasteiger partial charge in [0.2, 0.25) is 0 Å². The number of phenolic OH excluding ortho intramolecular Hbond substituents is 1. The van der Waals surface area contributed by atoms with Crippen LogP contribution in [0.15, 0.2) is 49.8 Å². The van der Waals surface area contributed by atoms with Crippen molar-refractivity contribution in [2.45, 2.75) is 0 Å². The summed E-state index contributed by atoms with van der Waals surface area (Å²) in [7, 11) is 0. The van der Waals surface area contributed by atoms with E-state index in [-0.39, 0.29) is 5.75 Å². The van der Waals surface area contributed by atoms with Crippen LogP contribution in [0.5, 0.6) is 5.75 Å². The Kier molecular flexibility index (Phi) is 4.65. The Labute approximate surface area is 131 Å². The maximum absolute atomic E-state index is 9.63. The highest BCUT2D eigenvalue weighted by Gasteiger charge is 2.04. The number of hydrogen-bond donors (Lipinski definition) is 1. The van der Waals surface area contributed by atoms with Gasteiger partial charge < -0.3 is 5.11 Å². The van der Waals surface area contributed by atoms with Crippen LogP contribution in [0, 0.1) is 0 Å². The summed E-state index contributed by atoms with van der Waals surface area (Å²) in [6.45, 7) is 0. The van der Waals surface area contributed by atoms with E-state index < -0.39 is 0 Å². The molecular formula is C14H9Br3O. The molecule has 0 spiro atoms. The molecule has 2 aromatic carbocycles. The summed E-state index contributed by atoms with van der Waals surface area (Å²) in [6, 6.07) is 11.7. The number of halogens is 3. The molecule has 0 fully saturated rings. The molecular weight excluding hydrogens is 424 g/mol. The van der Waals surface area contributed by atoms with Gasteiger partial charge in [-0.05, 0) is 61.2 Å². The molecule has 0 aliphatic carbocycles. The van der Waals surface area contributed by atoms with Crippen LogP contribution in [0.3, 0.4) is 0 Å². The molecule has 4 heteroatoms. The van der Waals surface area contributed by atoms with E-state index in [2.05, 4.69) is 47.8 Å². The fraction of sp³-hybridized carbons (Fsp3) is 0. The number of rotatable bonds is 2. The minimum Gasteiger partial charge on any atom is -0.506 e. The molecule has 1 nitrogen and oxygen atoms in total. The van der Waals surface area contributed by atoms with Crippen LogP contribution in [-0.4, -0.2) is 5.11 Å². The first-order valence-corrected chi connectivity index (χ1v) is 7.56. The predicted octanol–water partition coefficient (Wildman–Crippen LogP) is 5.85. The number of benzene rings is 2. The van der Waals surface area contributed by atoms with Crippen molar-refractivity contribution < 1.29 is 5.11 Å². The van der Waals surface area contributed by atoms with E-state index >= 15 is 0 Å². The maximum Gasteiger partial charge on any atom is 0.143 e. The lowest BCUT2D eigenvalue weighted by Gasteiger charge is -2.02. The Morgan fingerprint density at radius 2 is 1.44 bits per heavy atom. The third-order valence-electron chi connectivity index (χ3n) is 2.40. The molecule has 18 heavy (non-hydrogen) atoms. The molecule has 0 bridgehead atoms. The normalized spacial score (nSPS) is 11.1. The van der Waals surface area contributed by atoms with Crippen LogP contribution >= 0.6 is 47.8 Å². The summed E-state index contributed by atoms with van der Waals surface area (Å²) < 4.78 is 2.39. The third-order valence-corrected chi connectivity index (χ3v) is 4.33. The fourth-order valence-corrected chi connectivity index (χ4v) is 3.12.